The Morgan fingerprint density at radius 2 is 2.19 bits per heavy atom. The van der Waals surface area contributed by atoms with Gasteiger partial charge in [-0.15, -0.1) is 12.4 Å². The van der Waals surface area contributed by atoms with Crippen molar-refractivity contribution in [2.24, 2.45) is 5.73 Å². The molecule has 0 bridgehead atoms. The van der Waals surface area contributed by atoms with Gasteiger partial charge in [0.2, 0.25) is 0 Å². The largest absolute Gasteiger partial charge is 0.381 e. The van der Waals surface area contributed by atoms with Crippen LogP contribution in [-0.2, 0) is 9.47 Å². The summed E-state index contributed by atoms with van der Waals surface area (Å²) in [6, 6.07) is 0.462. The monoisotopic (exact) mass is 252 g/mol. The van der Waals surface area contributed by atoms with Crippen LogP contribution in [0.25, 0.3) is 0 Å². The Morgan fingerprint density at radius 3 is 2.75 bits per heavy atom. The molecule has 1 aliphatic heterocycles. The highest BCUT2D eigenvalue weighted by Gasteiger charge is 2.26. The molecule has 0 aromatic carbocycles. The molecular weight excluding hydrogens is 228 g/mol. The van der Waals surface area contributed by atoms with E-state index in [9.17, 15) is 0 Å². The maximum Gasteiger partial charge on any atom is 0.0599 e. The molecule has 1 fully saturated rings. The van der Waals surface area contributed by atoms with Crippen molar-refractivity contribution in [3.8, 4) is 0 Å². The average molecular weight is 253 g/mol. The van der Waals surface area contributed by atoms with E-state index in [4.69, 9.17) is 15.2 Å². The van der Waals surface area contributed by atoms with Crippen LogP contribution in [0.5, 0.6) is 0 Å². The van der Waals surface area contributed by atoms with Crippen LogP contribution in [0, 0.1) is 0 Å². The van der Waals surface area contributed by atoms with Gasteiger partial charge in [-0.25, -0.2) is 0 Å². The Labute approximate surface area is 105 Å². The van der Waals surface area contributed by atoms with Crippen molar-refractivity contribution in [3.05, 3.63) is 0 Å². The van der Waals surface area contributed by atoms with Crippen molar-refractivity contribution in [1.29, 1.82) is 0 Å². The van der Waals surface area contributed by atoms with Crippen molar-refractivity contribution in [1.82, 2.24) is 4.90 Å². The normalized spacial score (nSPS) is 26.4. The van der Waals surface area contributed by atoms with Gasteiger partial charge < -0.3 is 15.2 Å². The van der Waals surface area contributed by atoms with Crippen LogP contribution in [0.3, 0.4) is 0 Å². The standard InChI is InChI=1S/C11H24N2O2.ClH/c1-3-15-7-6-13-5-4-11(14-2)8-10(13)9-12;/h10-11H,3-9,12H2,1-2H3;1H. The number of hydrogen-bond acceptors (Lipinski definition) is 4. The number of halogens is 1. The van der Waals surface area contributed by atoms with Crippen molar-refractivity contribution in [2.45, 2.75) is 31.9 Å². The molecule has 0 aromatic rings. The van der Waals surface area contributed by atoms with Crippen LogP contribution in [-0.4, -0.2) is 57.0 Å². The van der Waals surface area contributed by atoms with Gasteiger partial charge in [0.1, 0.15) is 0 Å². The molecule has 1 rings (SSSR count). The van der Waals surface area contributed by atoms with E-state index >= 15 is 0 Å². The van der Waals surface area contributed by atoms with Crippen LogP contribution in [0.4, 0.5) is 0 Å². The lowest BCUT2D eigenvalue weighted by molar-refractivity contribution is 0.00211. The van der Waals surface area contributed by atoms with E-state index in [-0.39, 0.29) is 12.4 Å². The van der Waals surface area contributed by atoms with Crippen molar-refractivity contribution < 1.29 is 9.47 Å². The number of hydrogen-bond donors (Lipinski definition) is 1. The summed E-state index contributed by atoms with van der Waals surface area (Å²) in [6.45, 7) is 6.41. The van der Waals surface area contributed by atoms with Crippen molar-refractivity contribution in [3.63, 3.8) is 0 Å². The minimum Gasteiger partial charge on any atom is -0.381 e. The molecule has 16 heavy (non-hydrogen) atoms. The van der Waals surface area contributed by atoms with Gasteiger partial charge in [0.25, 0.3) is 0 Å². The van der Waals surface area contributed by atoms with E-state index in [1.807, 2.05) is 6.92 Å². The van der Waals surface area contributed by atoms with Crippen molar-refractivity contribution >= 4 is 12.4 Å². The number of nitrogens with two attached hydrogens (primary N) is 1. The summed E-state index contributed by atoms with van der Waals surface area (Å²) in [6.07, 6.45) is 2.56. The Kier molecular flexibility index (Phi) is 9.26. The lowest BCUT2D eigenvalue weighted by Gasteiger charge is -2.38. The van der Waals surface area contributed by atoms with Crippen LogP contribution in [0.2, 0.25) is 0 Å². The molecule has 4 nitrogen and oxygen atoms in total. The first-order valence-corrected chi connectivity index (χ1v) is 5.86. The van der Waals surface area contributed by atoms with E-state index in [2.05, 4.69) is 4.90 Å². The summed E-state index contributed by atoms with van der Waals surface area (Å²) in [5.74, 6) is 0. The zero-order valence-corrected chi connectivity index (χ0v) is 11.2. The molecular formula is C11H25ClN2O2. The van der Waals surface area contributed by atoms with Crippen LogP contribution < -0.4 is 5.73 Å². The van der Waals surface area contributed by atoms with Gasteiger partial charge in [-0.05, 0) is 19.8 Å². The van der Waals surface area contributed by atoms with E-state index in [0.29, 0.717) is 18.7 Å². The van der Waals surface area contributed by atoms with Gasteiger partial charge in [-0.1, -0.05) is 0 Å². The second-order valence-corrected chi connectivity index (χ2v) is 4.00. The van der Waals surface area contributed by atoms with E-state index in [1.165, 1.54) is 0 Å². The zero-order valence-electron chi connectivity index (χ0n) is 10.4. The highest BCUT2D eigenvalue weighted by Crippen LogP contribution is 2.18. The lowest BCUT2D eigenvalue weighted by atomic mass is 9.99. The fraction of sp³-hybridized carbons (Fsp3) is 1.00. The molecule has 2 unspecified atom stereocenters. The number of methoxy groups -OCH3 is 1. The van der Waals surface area contributed by atoms with E-state index < -0.39 is 0 Å². The van der Waals surface area contributed by atoms with Crippen LogP contribution >= 0.6 is 12.4 Å². The summed E-state index contributed by atoms with van der Waals surface area (Å²) in [7, 11) is 1.79. The molecule has 0 spiro atoms. The molecule has 0 amide bonds. The summed E-state index contributed by atoms with van der Waals surface area (Å²) >= 11 is 0. The number of rotatable bonds is 6. The second kappa shape index (κ2) is 9.19. The lowest BCUT2D eigenvalue weighted by Crippen LogP contribution is -2.49. The Hall–Kier alpha value is 0.130. The molecule has 5 heteroatoms. The van der Waals surface area contributed by atoms with Gasteiger partial charge >= 0.3 is 0 Å². The maximum atomic E-state index is 5.78. The predicted octanol–water partition coefficient (Wildman–Crippen LogP) is 0.883. The second-order valence-electron chi connectivity index (χ2n) is 4.00. The Bertz CT molecular complexity index is 170. The third kappa shape index (κ3) is 4.97. The quantitative estimate of drug-likeness (QED) is 0.713. The first-order chi connectivity index (χ1) is 7.31. The summed E-state index contributed by atoms with van der Waals surface area (Å²) < 4.78 is 10.8. The predicted molar refractivity (Wildman–Crippen MR) is 68.2 cm³/mol. The number of nitrogens with zero attached hydrogens (tertiary/aromatic N) is 1. The van der Waals surface area contributed by atoms with Gasteiger partial charge in [0, 0.05) is 39.4 Å². The highest BCUT2D eigenvalue weighted by atomic mass is 35.5. The number of piperidine rings is 1. The third-order valence-electron chi connectivity index (χ3n) is 3.12. The van der Waals surface area contributed by atoms with Crippen LogP contribution in [0.15, 0.2) is 0 Å². The first kappa shape index (κ1) is 16.1. The zero-order chi connectivity index (χ0) is 11.1. The third-order valence-corrected chi connectivity index (χ3v) is 3.12. The van der Waals surface area contributed by atoms with E-state index in [1.54, 1.807) is 7.11 Å². The van der Waals surface area contributed by atoms with Gasteiger partial charge in [-0.3, -0.25) is 4.90 Å². The minimum atomic E-state index is 0. The van der Waals surface area contributed by atoms with Crippen molar-refractivity contribution in [2.75, 3.05) is 40.0 Å². The summed E-state index contributed by atoms with van der Waals surface area (Å²) in [4.78, 5) is 2.42. The first-order valence-electron chi connectivity index (χ1n) is 5.86. The minimum absolute atomic E-state index is 0. The molecule has 2 atom stereocenters. The molecule has 1 aliphatic rings. The SMILES string of the molecule is CCOCCN1CCC(OC)CC1CN.Cl. The molecule has 0 saturated carbocycles. The fourth-order valence-electron chi connectivity index (χ4n) is 2.14. The molecule has 0 radical (unpaired) electrons. The molecule has 98 valence electrons. The molecule has 2 N–H and O–H groups in total. The highest BCUT2D eigenvalue weighted by molar-refractivity contribution is 5.85. The van der Waals surface area contributed by atoms with Gasteiger partial charge in [0.05, 0.1) is 12.7 Å². The Morgan fingerprint density at radius 1 is 1.44 bits per heavy atom. The smallest absolute Gasteiger partial charge is 0.0599 e. The van der Waals surface area contributed by atoms with E-state index in [0.717, 1.165) is 39.1 Å². The fourth-order valence-corrected chi connectivity index (χ4v) is 2.14. The molecule has 0 aromatic heterocycles. The average Bonchev–Trinajstić information content (AvgIpc) is 2.29. The maximum absolute atomic E-state index is 5.78. The summed E-state index contributed by atoms with van der Waals surface area (Å²) in [5, 5.41) is 0. The topological polar surface area (TPSA) is 47.7 Å². The molecule has 0 aliphatic carbocycles. The molecule has 1 heterocycles. The molecule has 1 saturated heterocycles. The summed E-state index contributed by atoms with van der Waals surface area (Å²) in [5.41, 5.74) is 5.78. The number of likely N-dealkylation sites (tertiary alicyclic amines) is 1. The van der Waals surface area contributed by atoms with Crippen LogP contribution in [0.1, 0.15) is 19.8 Å². The number of ether oxygens (including phenoxy) is 2. The Balaban J connectivity index is 0.00000225. The van der Waals surface area contributed by atoms with Gasteiger partial charge in [0.15, 0.2) is 0 Å². The van der Waals surface area contributed by atoms with Gasteiger partial charge in [-0.2, -0.15) is 0 Å².